The Labute approximate surface area is 132 Å². The van der Waals surface area contributed by atoms with Crippen molar-refractivity contribution in [3.63, 3.8) is 0 Å². The third-order valence-electron chi connectivity index (χ3n) is 3.24. The zero-order valence-corrected chi connectivity index (χ0v) is 14.0. The van der Waals surface area contributed by atoms with Gasteiger partial charge in [0.25, 0.3) is 0 Å². The maximum Gasteiger partial charge on any atom is 0.226 e. The molecule has 0 atom stereocenters. The molecule has 0 aromatic carbocycles. The lowest BCUT2D eigenvalue weighted by atomic mass is 10.3. The summed E-state index contributed by atoms with van der Waals surface area (Å²) < 4.78 is 0. The Kier molecular flexibility index (Phi) is 4.07. The molecule has 0 aliphatic carbocycles. The van der Waals surface area contributed by atoms with Gasteiger partial charge in [-0.15, -0.1) is 22.7 Å². The fraction of sp³-hybridized carbons (Fsp3) is 0.333. The first-order chi connectivity index (χ1) is 10.2. The van der Waals surface area contributed by atoms with Crippen LogP contribution in [0.3, 0.4) is 0 Å². The van der Waals surface area contributed by atoms with Crippen LogP contribution in [0.15, 0.2) is 17.5 Å². The van der Waals surface area contributed by atoms with E-state index in [1.165, 1.54) is 15.3 Å². The molecule has 0 aliphatic rings. The van der Waals surface area contributed by atoms with Crippen LogP contribution in [0.2, 0.25) is 0 Å². The summed E-state index contributed by atoms with van der Waals surface area (Å²) in [6, 6.07) is 4.30. The van der Waals surface area contributed by atoms with Gasteiger partial charge in [0.05, 0.1) is 11.9 Å². The van der Waals surface area contributed by atoms with E-state index in [0.29, 0.717) is 5.95 Å². The van der Waals surface area contributed by atoms with Crippen LogP contribution in [0.25, 0.3) is 10.2 Å². The minimum Gasteiger partial charge on any atom is -0.364 e. The molecule has 0 saturated carbocycles. The van der Waals surface area contributed by atoms with Gasteiger partial charge in [0.2, 0.25) is 5.95 Å². The predicted molar refractivity (Wildman–Crippen MR) is 92.7 cm³/mol. The highest BCUT2D eigenvalue weighted by molar-refractivity contribution is 7.18. The molecule has 0 spiro atoms. The molecule has 0 amide bonds. The number of rotatable bonds is 5. The molecule has 3 aromatic heterocycles. The van der Waals surface area contributed by atoms with E-state index < -0.39 is 0 Å². The minimum absolute atomic E-state index is 0.692. The number of aromatic nitrogens is 2. The van der Waals surface area contributed by atoms with Crippen molar-refractivity contribution in [3.8, 4) is 0 Å². The summed E-state index contributed by atoms with van der Waals surface area (Å²) in [5, 5.41) is 9.90. The van der Waals surface area contributed by atoms with Gasteiger partial charge in [0.1, 0.15) is 10.6 Å². The van der Waals surface area contributed by atoms with E-state index in [4.69, 9.17) is 0 Å². The standard InChI is InChI=1S/C15H18N4S2/c1-4-16-15-18-13(11-7-10(3)21-14(11)19-15)17-8-12-9(2)5-6-20-12/h5-7H,4,8H2,1-3H3,(H2,16,17,18,19). The van der Waals surface area contributed by atoms with Gasteiger partial charge in [-0.1, -0.05) is 0 Å². The van der Waals surface area contributed by atoms with E-state index in [1.807, 2.05) is 0 Å². The summed E-state index contributed by atoms with van der Waals surface area (Å²) in [7, 11) is 0. The Balaban J connectivity index is 1.93. The molecule has 6 heteroatoms. The molecular weight excluding hydrogens is 300 g/mol. The van der Waals surface area contributed by atoms with Crippen LogP contribution in [0.5, 0.6) is 0 Å². The van der Waals surface area contributed by atoms with Crippen LogP contribution in [0, 0.1) is 13.8 Å². The Morgan fingerprint density at radius 1 is 1.19 bits per heavy atom. The normalized spacial score (nSPS) is 11.0. The Morgan fingerprint density at radius 3 is 2.76 bits per heavy atom. The smallest absolute Gasteiger partial charge is 0.226 e. The van der Waals surface area contributed by atoms with Gasteiger partial charge in [0.15, 0.2) is 0 Å². The molecule has 2 N–H and O–H groups in total. The molecule has 0 saturated heterocycles. The number of anilines is 2. The number of nitrogens with zero attached hydrogens (tertiary/aromatic N) is 2. The number of nitrogens with one attached hydrogen (secondary N) is 2. The van der Waals surface area contributed by atoms with Crippen molar-refractivity contribution in [2.45, 2.75) is 27.3 Å². The molecule has 4 nitrogen and oxygen atoms in total. The van der Waals surface area contributed by atoms with E-state index in [-0.39, 0.29) is 0 Å². The minimum atomic E-state index is 0.692. The van der Waals surface area contributed by atoms with Crippen LogP contribution in [0.1, 0.15) is 22.2 Å². The summed E-state index contributed by atoms with van der Waals surface area (Å²) in [5.41, 5.74) is 1.33. The lowest BCUT2D eigenvalue weighted by Crippen LogP contribution is -2.06. The van der Waals surface area contributed by atoms with Gasteiger partial charge in [-0.05, 0) is 43.8 Å². The average Bonchev–Trinajstić information content (AvgIpc) is 3.01. The van der Waals surface area contributed by atoms with Crippen molar-refractivity contribution in [1.82, 2.24) is 9.97 Å². The Bertz CT molecular complexity index is 760. The molecule has 0 unspecified atom stereocenters. The van der Waals surface area contributed by atoms with E-state index in [9.17, 15) is 0 Å². The van der Waals surface area contributed by atoms with Crippen LogP contribution in [0.4, 0.5) is 11.8 Å². The van der Waals surface area contributed by atoms with Crippen molar-refractivity contribution in [3.05, 3.63) is 32.8 Å². The second-order valence-corrected chi connectivity index (χ2v) is 7.12. The van der Waals surface area contributed by atoms with Crippen LogP contribution in [-0.2, 0) is 6.54 Å². The number of hydrogen-bond donors (Lipinski definition) is 2. The Morgan fingerprint density at radius 2 is 2.05 bits per heavy atom. The van der Waals surface area contributed by atoms with E-state index in [2.05, 4.69) is 58.9 Å². The quantitative estimate of drug-likeness (QED) is 0.731. The lowest BCUT2D eigenvalue weighted by molar-refractivity contribution is 1.08. The van der Waals surface area contributed by atoms with Gasteiger partial charge in [-0.3, -0.25) is 0 Å². The van der Waals surface area contributed by atoms with Crippen LogP contribution < -0.4 is 10.6 Å². The summed E-state index contributed by atoms with van der Waals surface area (Å²) in [6.07, 6.45) is 0. The van der Waals surface area contributed by atoms with Gasteiger partial charge < -0.3 is 10.6 Å². The van der Waals surface area contributed by atoms with Crippen LogP contribution >= 0.6 is 22.7 Å². The summed E-state index contributed by atoms with van der Waals surface area (Å²) >= 11 is 3.48. The first-order valence-corrected chi connectivity index (χ1v) is 8.66. The zero-order valence-electron chi connectivity index (χ0n) is 12.4. The molecule has 0 fully saturated rings. The molecule has 0 aliphatic heterocycles. The van der Waals surface area contributed by atoms with E-state index in [1.54, 1.807) is 22.7 Å². The summed E-state index contributed by atoms with van der Waals surface area (Å²) in [5.74, 6) is 1.60. The van der Waals surface area contributed by atoms with Crippen molar-refractivity contribution >= 4 is 44.7 Å². The van der Waals surface area contributed by atoms with Crippen molar-refractivity contribution < 1.29 is 0 Å². The van der Waals surface area contributed by atoms with Gasteiger partial charge >= 0.3 is 0 Å². The Hall–Kier alpha value is -1.66. The predicted octanol–water partition coefficient (Wildman–Crippen LogP) is 4.41. The third-order valence-corrected chi connectivity index (χ3v) is 5.20. The molecule has 3 aromatic rings. The molecular formula is C15H18N4S2. The second kappa shape index (κ2) is 5.99. The molecule has 3 heterocycles. The second-order valence-electron chi connectivity index (χ2n) is 4.88. The molecule has 0 radical (unpaired) electrons. The molecule has 0 bridgehead atoms. The average molecular weight is 318 g/mol. The lowest BCUT2D eigenvalue weighted by Gasteiger charge is -2.09. The molecule has 21 heavy (non-hydrogen) atoms. The maximum atomic E-state index is 4.61. The number of aryl methyl sites for hydroxylation is 2. The van der Waals surface area contributed by atoms with Gasteiger partial charge in [-0.2, -0.15) is 4.98 Å². The fourth-order valence-corrected chi connectivity index (χ4v) is 3.89. The van der Waals surface area contributed by atoms with Crippen molar-refractivity contribution in [1.29, 1.82) is 0 Å². The number of thiophene rings is 2. The van der Waals surface area contributed by atoms with E-state index >= 15 is 0 Å². The monoisotopic (exact) mass is 318 g/mol. The number of hydrogen-bond acceptors (Lipinski definition) is 6. The SMILES string of the molecule is CCNc1nc(NCc2sccc2C)c2cc(C)sc2n1. The first kappa shape index (κ1) is 14.3. The highest BCUT2D eigenvalue weighted by atomic mass is 32.1. The molecule has 3 rings (SSSR count). The van der Waals surface area contributed by atoms with Gasteiger partial charge in [0, 0.05) is 16.3 Å². The fourth-order valence-electron chi connectivity index (χ4n) is 2.16. The van der Waals surface area contributed by atoms with Crippen LogP contribution in [-0.4, -0.2) is 16.5 Å². The molecule has 110 valence electrons. The van der Waals surface area contributed by atoms with Crippen molar-refractivity contribution in [2.24, 2.45) is 0 Å². The van der Waals surface area contributed by atoms with Crippen molar-refractivity contribution in [2.75, 3.05) is 17.2 Å². The number of fused-ring (bicyclic) bond motifs is 1. The first-order valence-electron chi connectivity index (χ1n) is 6.96. The largest absolute Gasteiger partial charge is 0.364 e. The van der Waals surface area contributed by atoms with Gasteiger partial charge in [-0.25, -0.2) is 4.98 Å². The summed E-state index contributed by atoms with van der Waals surface area (Å²) in [4.78, 5) is 12.8. The third kappa shape index (κ3) is 3.01. The zero-order chi connectivity index (χ0) is 14.8. The topological polar surface area (TPSA) is 49.8 Å². The highest BCUT2D eigenvalue weighted by Gasteiger charge is 2.11. The summed E-state index contributed by atoms with van der Waals surface area (Å²) in [6.45, 7) is 7.92. The van der Waals surface area contributed by atoms with E-state index in [0.717, 1.165) is 29.1 Å². The maximum absolute atomic E-state index is 4.61. The highest BCUT2D eigenvalue weighted by Crippen LogP contribution is 2.30.